The average molecular weight is 565 g/mol. The molecule has 3 heterocycles. The van der Waals surface area contributed by atoms with Gasteiger partial charge in [0.05, 0.1) is 30.0 Å². The quantitative estimate of drug-likeness (QED) is 0.276. The van der Waals surface area contributed by atoms with Crippen LogP contribution in [0.1, 0.15) is 30.9 Å². The number of aryl methyl sites for hydroxylation is 1. The molecule has 1 aromatic heterocycles. The van der Waals surface area contributed by atoms with Crippen LogP contribution in [0, 0.1) is 6.92 Å². The van der Waals surface area contributed by atoms with Crippen LogP contribution in [-0.4, -0.2) is 68.2 Å². The van der Waals surface area contributed by atoms with E-state index in [0.717, 1.165) is 6.54 Å². The van der Waals surface area contributed by atoms with Crippen LogP contribution in [-0.2, 0) is 14.8 Å². The highest BCUT2D eigenvalue weighted by molar-refractivity contribution is 7.89. The molecule has 0 radical (unpaired) electrons. The van der Waals surface area contributed by atoms with Gasteiger partial charge in [-0.25, -0.2) is 8.42 Å². The van der Waals surface area contributed by atoms with Crippen molar-refractivity contribution in [3.8, 4) is 5.75 Å². The van der Waals surface area contributed by atoms with Gasteiger partial charge in [0.2, 0.25) is 10.0 Å². The van der Waals surface area contributed by atoms with Crippen LogP contribution in [0.25, 0.3) is 0 Å². The first-order chi connectivity index (χ1) is 18.1. The number of hydrogen-bond acceptors (Lipinski definition) is 10. The van der Waals surface area contributed by atoms with Gasteiger partial charge in [-0.15, -0.1) is 0 Å². The van der Waals surface area contributed by atoms with Gasteiger partial charge in [-0.3, -0.25) is 14.5 Å². The molecule has 2 fully saturated rings. The van der Waals surface area contributed by atoms with E-state index in [1.165, 1.54) is 16.4 Å². The van der Waals surface area contributed by atoms with Crippen LogP contribution >= 0.6 is 11.6 Å². The first-order valence-corrected chi connectivity index (χ1v) is 14.2. The van der Waals surface area contributed by atoms with Gasteiger partial charge in [-0.2, -0.15) is 4.31 Å². The molecule has 0 saturated carbocycles. The molecule has 3 N–H and O–H groups in total. The third kappa shape index (κ3) is 4.71. The third-order valence-corrected chi connectivity index (χ3v) is 9.45. The lowest BCUT2D eigenvalue weighted by atomic mass is 10.1. The highest BCUT2D eigenvalue weighted by Crippen LogP contribution is 2.41. The largest absolute Gasteiger partial charge is 0.504 e. The Morgan fingerprint density at radius 2 is 1.89 bits per heavy atom. The van der Waals surface area contributed by atoms with Crippen molar-refractivity contribution < 1.29 is 22.7 Å². The summed E-state index contributed by atoms with van der Waals surface area (Å²) in [4.78, 5) is 26.6. The van der Waals surface area contributed by atoms with Gasteiger partial charge >= 0.3 is 0 Å². The predicted octanol–water partition coefficient (Wildman–Crippen LogP) is 2.55. The Bertz CT molecular complexity index is 1530. The molecular formula is C25H29ClN4O7S. The van der Waals surface area contributed by atoms with E-state index in [-0.39, 0.29) is 47.3 Å². The standard InChI is InChI=1S/C25H29ClN4O7S/c1-3-17(19-7-4-14(2)37-19)27-20-21(24(33)23(20)32)28-18-6-5-16(26)25(22(18)31)38(34,35)30-9-8-29-10-11-36-13-15(29)12-30/h4-7,15,17,27-28,31H,3,8-13H2,1-2H3/t15-,17-/m1/s1. The number of nitrogens with one attached hydrogen (secondary N) is 2. The summed E-state index contributed by atoms with van der Waals surface area (Å²) in [7, 11) is -4.18. The molecule has 2 atom stereocenters. The Balaban J connectivity index is 1.42. The van der Waals surface area contributed by atoms with Crippen LogP contribution in [0.5, 0.6) is 5.75 Å². The molecule has 0 aliphatic carbocycles. The number of phenolic OH excluding ortho intramolecular Hbond substituents is 1. The fourth-order valence-corrected chi connectivity index (χ4v) is 6.99. The lowest BCUT2D eigenvalue weighted by Gasteiger charge is -2.43. The van der Waals surface area contributed by atoms with Crippen molar-refractivity contribution in [2.24, 2.45) is 0 Å². The zero-order valence-corrected chi connectivity index (χ0v) is 22.6. The first kappa shape index (κ1) is 26.7. The molecule has 0 bridgehead atoms. The zero-order valence-electron chi connectivity index (χ0n) is 21.0. The van der Waals surface area contributed by atoms with Crippen molar-refractivity contribution in [3.63, 3.8) is 0 Å². The Kier molecular flexibility index (Phi) is 7.27. The second kappa shape index (κ2) is 10.3. The number of rotatable bonds is 8. The number of hydrogen-bond donors (Lipinski definition) is 3. The van der Waals surface area contributed by atoms with Gasteiger partial charge in [0.1, 0.15) is 27.8 Å². The summed E-state index contributed by atoms with van der Waals surface area (Å²) in [6.07, 6.45) is 0.569. The molecule has 204 valence electrons. The molecule has 0 spiro atoms. The van der Waals surface area contributed by atoms with Gasteiger partial charge < -0.3 is 24.9 Å². The molecule has 2 aliphatic heterocycles. The van der Waals surface area contributed by atoms with Crippen molar-refractivity contribution >= 4 is 38.7 Å². The SMILES string of the molecule is CC[C@@H](Nc1c(Nc2ccc(Cl)c(S(=O)(=O)N3CCN4CCOC[C@H]4C3)c2O)c(=O)c1=O)c1ccc(C)o1. The highest BCUT2D eigenvalue weighted by atomic mass is 35.5. The molecular weight excluding hydrogens is 536 g/mol. The van der Waals surface area contributed by atoms with E-state index < -0.39 is 31.5 Å². The lowest BCUT2D eigenvalue weighted by Crippen LogP contribution is -2.59. The van der Waals surface area contributed by atoms with E-state index in [0.29, 0.717) is 37.7 Å². The Hall–Kier alpha value is -2.90. The number of ether oxygens (including phenoxy) is 1. The normalized spacial score (nSPS) is 19.8. The van der Waals surface area contributed by atoms with Crippen LogP contribution in [0.3, 0.4) is 0 Å². The molecule has 11 nitrogen and oxygen atoms in total. The monoisotopic (exact) mass is 564 g/mol. The number of anilines is 3. The number of aromatic hydroxyl groups is 1. The molecule has 13 heteroatoms. The zero-order chi connectivity index (χ0) is 27.2. The average Bonchev–Trinajstić information content (AvgIpc) is 3.34. The van der Waals surface area contributed by atoms with E-state index in [9.17, 15) is 23.1 Å². The second-order valence-corrected chi connectivity index (χ2v) is 11.8. The molecule has 38 heavy (non-hydrogen) atoms. The number of morpholine rings is 1. The van der Waals surface area contributed by atoms with E-state index in [2.05, 4.69) is 15.5 Å². The van der Waals surface area contributed by atoms with Gasteiger partial charge in [0.25, 0.3) is 10.9 Å². The van der Waals surface area contributed by atoms with E-state index >= 15 is 0 Å². The molecule has 0 amide bonds. The lowest BCUT2D eigenvalue weighted by molar-refractivity contribution is -0.0304. The number of furan rings is 1. The summed E-state index contributed by atoms with van der Waals surface area (Å²) < 4.78 is 39.6. The van der Waals surface area contributed by atoms with Gasteiger partial charge in [0.15, 0.2) is 5.75 Å². The van der Waals surface area contributed by atoms with Crippen molar-refractivity contribution in [2.45, 2.75) is 37.2 Å². The summed E-state index contributed by atoms with van der Waals surface area (Å²) in [5, 5.41) is 16.7. The van der Waals surface area contributed by atoms with Crippen molar-refractivity contribution in [2.75, 3.05) is 50.0 Å². The number of nitrogens with zero attached hydrogens (tertiary/aromatic N) is 2. The van der Waals surface area contributed by atoms with E-state index in [1.54, 1.807) is 19.1 Å². The minimum absolute atomic E-state index is 0.0306. The van der Waals surface area contributed by atoms with E-state index in [4.69, 9.17) is 20.8 Å². The maximum atomic E-state index is 13.6. The number of benzene rings is 1. The molecule has 2 saturated heterocycles. The molecule has 3 aromatic rings. The Morgan fingerprint density at radius 1 is 1.13 bits per heavy atom. The third-order valence-electron chi connectivity index (χ3n) is 7.08. The fourth-order valence-electron chi connectivity index (χ4n) is 4.93. The van der Waals surface area contributed by atoms with E-state index in [1.807, 2.05) is 6.92 Å². The van der Waals surface area contributed by atoms with Crippen molar-refractivity contribution in [1.82, 2.24) is 9.21 Å². The summed E-state index contributed by atoms with van der Waals surface area (Å²) in [6, 6.07) is 5.82. The number of phenols is 1. The smallest absolute Gasteiger partial charge is 0.253 e. The minimum atomic E-state index is -4.18. The second-order valence-electron chi connectivity index (χ2n) is 9.49. The number of piperazine rings is 1. The van der Waals surface area contributed by atoms with Crippen molar-refractivity contribution in [3.05, 3.63) is 61.3 Å². The maximum absolute atomic E-state index is 13.6. The molecule has 0 unspecified atom stereocenters. The number of sulfonamides is 1. The summed E-state index contributed by atoms with van der Waals surface area (Å²) >= 11 is 6.28. The Labute approximate surface area is 224 Å². The predicted molar refractivity (Wildman–Crippen MR) is 143 cm³/mol. The molecule has 2 aliphatic rings. The summed E-state index contributed by atoms with van der Waals surface area (Å²) in [6.45, 7) is 6.45. The number of fused-ring (bicyclic) bond motifs is 1. The first-order valence-electron chi connectivity index (χ1n) is 12.4. The maximum Gasteiger partial charge on any atom is 0.253 e. The molecule has 5 rings (SSSR count). The van der Waals surface area contributed by atoms with Crippen LogP contribution in [0.2, 0.25) is 5.02 Å². The van der Waals surface area contributed by atoms with Gasteiger partial charge in [-0.1, -0.05) is 18.5 Å². The topological polar surface area (TPSA) is 141 Å². The van der Waals surface area contributed by atoms with Gasteiger partial charge in [0, 0.05) is 32.2 Å². The van der Waals surface area contributed by atoms with Crippen molar-refractivity contribution in [1.29, 1.82) is 0 Å². The van der Waals surface area contributed by atoms with Crippen LogP contribution in [0.4, 0.5) is 17.1 Å². The minimum Gasteiger partial charge on any atom is -0.504 e. The van der Waals surface area contributed by atoms with Crippen LogP contribution < -0.4 is 21.5 Å². The summed E-state index contributed by atoms with van der Waals surface area (Å²) in [5.74, 6) is 0.684. The van der Waals surface area contributed by atoms with Gasteiger partial charge in [-0.05, 0) is 37.6 Å². The summed E-state index contributed by atoms with van der Waals surface area (Å²) in [5.41, 5.74) is -1.62. The molecule has 2 aromatic carbocycles. The van der Waals surface area contributed by atoms with Crippen LogP contribution in [0.15, 0.2) is 43.2 Å². The highest BCUT2D eigenvalue weighted by Gasteiger charge is 2.38. The number of halogens is 1. The fraction of sp³-hybridized carbons (Fsp3) is 0.440. The Morgan fingerprint density at radius 3 is 2.61 bits per heavy atom.